The van der Waals surface area contributed by atoms with Gasteiger partial charge in [-0.05, 0) is 39.4 Å². The molecule has 7 nitrogen and oxygen atoms in total. The summed E-state index contributed by atoms with van der Waals surface area (Å²) >= 11 is 3.16. The highest BCUT2D eigenvalue weighted by molar-refractivity contribution is 9.10. The van der Waals surface area contributed by atoms with Crippen molar-refractivity contribution in [3.8, 4) is 0 Å². The highest BCUT2D eigenvalue weighted by atomic mass is 79.9. The minimum Gasteiger partial charge on any atom is -0.358 e. The molecule has 1 aromatic rings. The van der Waals surface area contributed by atoms with E-state index in [9.17, 15) is 14.9 Å². The fourth-order valence-corrected chi connectivity index (χ4v) is 1.71. The summed E-state index contributed by atoms with van der Waals surface area (Å²) in [6, 6.07) is 1.16. The third-order valence-corrected chi connectivity index (χ3v) is 3.22. The van der Waals surface area contributed by atoms with Crippen molar-refractivity contribution < 1.29 is 9.72 Å². The Morgan fingerprint density at radius 3 is 2.89 bits per heavy atom. The molecular formula is C11H15BrN4O3. The molecule has 0 aliphatic rings. The normalized spacial score (nSPS) is 10.5. The largest absolute Gasteiger partial charge is 0.364 e. The van der Waals surface area contributed by atoms with Crippen LogP contribution in [0, 0.1) is 10.1 Å². The predicted molar refractivity (Wildman–Crippen MR) is 74.1 cm³/mol. The zero-order chi connectivity index (χ0) is 14.4. The Balaban J connectivity index is 2.71. The van der Waals surface area contributed by atoms with Crippen LogP contribution in [0.1, 0.15) is 17.3 Å². The Morgan fingerprint density at radius 1 is 1.63 bits per heavy atom. The summed E-state index contributed by atoms with van der Waals surface area (Å²) in [5.41, 5.74) is 0.209. The number of nitrogens with one attached hydrogen (secondary N) is 1. The van der Waals surface area contributed by atoms with Crippen molar-refractivity contribution in [3.05, 3.63) is 32.4 Å². The van der Waals surface area contributed by atoms with Crippen LogP contribution in [-0.2, 0) is 0 Å². The molecule has 0 bridgehead atoms. The van der Waals surface area contributed by atoms with E-state index in [1.54, 1.807) is 0 Å². The Bertz CT molecular complexity index is 481. The van der Waals surface area contributed by atoms with Gasteiger partial charge in [0, 0.05) is 19.2 Å². The molecule has 1 amide bonds. The van der Waals surface area contributed by atoms with E-state index in [0.29, 0.717) is 17.6 Å². The Labute approximate surface area is 119 Å². The van der Waals surface area contributed by atoms with Gasteiger partial charge < -0.3 is 20.3 Å². The summed E-state index contributed by atoms with van der Waals surface area (Å²) in [7, 11) is 1.94. The second kappa shape index (κ2) is 7.15. The second-order valence-electron chi connectivity index (χ2n) is 3.93. The number of aromatic nitrogens is 1. The predicted octanol–water partition coefficient (Wildman–Crippen LogP) is 1.43. The third kappa shape index (κ3) is 4.56. The lowest BCUT2D eigenvalue weighted by Crippen LogP contribution is -2.33. The molecule has 1 N–H and O–H groups in total. The molecule has 0 fully saturated rings. The SMILES string of the molecule is CCN(C)CCNC(=O)c1cc([N+](=O)[O-])ncc1Br. The van der Waals surface area contributed by atoms with Gasteiger partial charge in [-0.3, -0.25) is 4.79 Å². The first-order chi connectivity index (χ1) is 8.95. The quantitative estimate of drug-likeness (QED) is 0.629. The van der Waals surface area contributed by atoms with Crippen LogP contribution in [0.5, 0.6) is 0 Å². The number of amides is 1. The Hall–Kier alpha value is -1.54. The number of likely N-dealkylation sites (N-methyl/N-ethyl adjacent to an activating group) is 1. The number of pyridine rings is 1. The van der Waals surface area contributed by atoms with Gasteiger partial charge in [0.05, 0.1) is 10.0 Å². The minimum atomic E-state index is -0.631. The van der Waals surface area contributed by atoms with Crippen molar-refractivity contribution in [2.75, 3.05) is 26.7 Å². The van der Waals surface area contributed by atoms with E-state index in [0.717, 1.165) is 12.6 Å². The van der Waals surface area contributed by atoms with Gasteiger partial charge in [-0.1, -0.05) is 6.92 Å². The summed E-state index contributed by atoms with van der Waals surface area (Å²) in [6.07, 6.45) is 1.26. The zero-order valence-electron chi connectivity index (χ0n) is 10.7. The van der Waals surface area contributed by atoms with Crippen LogP contribution in [0.3, 0.4) is 0 Å². The van der Waals surface area contributed by atoms with Crippen molar-refractivity contribution >= 4 is 27.7 Å². The molecule has 0 saturated heterocycles. The third-order valence-electron chi connectivity index (χ3n) is 2.59. The van der Waals surface area contributed by atoms with Gasteiger partial charge in [0.2, 0.25) is 0 Å². The van der Waals surface area contributed by atoms with E-state index in [-0.39, 0.29) is 17.3 Å². The van der Waals surface area contributed by atoms with Crippen molar-refractivity contribution in [3.63, 3.8) is 0 Å². The first-order valence-electron chi connectivity index (χ1n) is 5.72. The van der Waals surface area contributed by atoms with Gasteiger partial charge >= 0.3 is 5.82 Å². The van der Waals surface area contributed by atoms with Crippen LogP contribution in [-0.4, -0.2) is 47.4 Å². The van der Waals surface area contributed by atoms with E-state index in [4.69, 9.17) is 0 Å². The summed E-state index contributed by atoms with van der Waals surface area (Å²) in [5, 5.41) is 13.3. The highest BCUT2D eigenvalue weighted by Gasteiger charge is 2.17. The van der Waals surface area contributed by atoms with Crippen LogP contribution in [0.15, 0.2) is 16.7 Å². The first-order valence-corrected chi connectivity index (χ1v) is 6.51. The van der Waals surface area contributed by atoms with Gasteiger partial charge in [0.1, 0.15) is 0 Å². The topological polar surface area (TPSA) is 88.4 Å². The lowest BCUT2D eigenvalue weighted by Gasteiger charge is -2.14. The highest BCUT2D eigenvalue weighted by Crippen LogP contribution is 2.19. The van der Waals surface area contributed by atoms with Crippen LogP contribution in [0.4, 0.5) is 5.82 Å². The Kier molecular flexibility index (Phi) is 5.84. The summed E-state index contributed by atoms with van der Waals surface area (Å²) < 4.78 is 0.430. The number of rotatable bonds is 6. The van der Waals surface area contributed by atoms with Crippen molar-refractivity contribution in [2.45, 2.75) is 6.92 Å². The van der Waals surface area contributed by atoms with Crippen molar-refractivity contribution in [2.24, 2.45) is 0 Å². The molecule has 0 aliphatic carbocycles. The molecule has 0 radical (unpaired) electrons. The van der Waals surface area contributed by atoms with Gasteiger partial charge in [-0.25, -0.2) is 0 Å². The maximum absolute atomic E-state index is 11.9. The van der Waals surface area contributed by atoms with Crippen LogP contribution in [0.25, 0.3) is 0 Å². The van der Waals surface area contributed by atoms with Gasteiger partial charge in [0.25, 0.3) is 5.91 Å². The molecule has 0 aliphatic heterocycles. The maximum Gasteiger partial charge on any atom is 0.364 e. The van der Waals surface area contributed by atoms with Crippen molar-refractivity contribution in [1.29, 1.82) is 0 Å². The monoisotopic (exact) mass is 330 g/mol. The number of hydrogen-bond donors (Lipinski definition) is 1. The lowest BCUT2D eigenvalue weighted by atomic mass is 10.2. The van der Waals surface area contributed by atoms with E-state index < -0.39 is 4.92 Å². The van der Waals surface area contributed by atoms with E-state index in [2.05, 4.69) is 26.2 Å². The molecule has 0 saturated carbocycles. The molecule has 0 atom stereocenters. The summed E-state index contributed by atoms with van der Waals surface area (Å²) in [6.45, 7) is 4.10. The van der Waals surface area contributed by atoms with E-state index >= 15 is 0 Å². The van der Waals surface area contributed by atoms with E-state index in [1.165, 1.54) is 6.20 Å². The van der Waals surface area contributed by atoms with E-state index in [1.807, 2.05) is 18.9 Å². The second-order valence-corrected chi connectivity index (χ2v) is 4.79. The Morgan fingerprint density at radius 2 is 2.32 bits per heavy atom. The minimum absolute atomic E-state index is 0.209. The molecule has 0 aromatic carbocycles. The average Bonchev–Trinajstić information content (AvgIpc) is 2.38. The molecule has 104 valence electrons. The van der Waals surface area contributed by atoms with Crippen molar-refractivity contribution in [1.82, 2.24) is 15.2 Å². The first kappa shape index (κ1) is 15.5. The van der Waals surface area contributed by atoms with Crippen LogP contribution >= 0.6 is 15.9 Å². The van der Waals surface area contributed by atoms with Crippen LogP contribution < -0.4 is 5.32 Å². The molecule has 8 heteroatoms. The molecule has 19 heavy (non-hydrogen) atoms. The average molecular weight is 331 g/mol. The van der Waals surface area contributed by atoms with Crippen LogP contribution in [0.2, 0.25) is 0 Å². The standard InChI is InChI=1S/C11H15BrN4O3/c1-3-15(2)5-4-13-11(17)8-6-10(16(18)19)14-7-9(8)12/h6-7H,3-5H2,1-2H3,(H,13,17). The maximum atomic E-state index is 11.9. The molecule has 1 rings (SSSR count). The van der Waals surface area contributed by atoms with Gasteiger partial charge in [0.15, 0.2) is 6.20 Å². The fourth-order valence-electron chi connectivity index (χ4n) is 1.32. The molecule has 0 spiro atoms. The number of hydrogen-bond acceptors (Lipinski definition) is 5. The number of nitro groups is 1. The number of carbonyl (C=O) groups is 1. The number of carbonyl (C=O) groups excluding carboxylic acids is 1. The molecule has 1 aromatic heterocycles. The summed E-state index contributed by atoms with van der Waals surface area (Å²) in [5.74, 6) is -0.707. The van der Waals surface area contributed by atoms with Gasteiger partial charge in [-0.2, -0.15) is 0 Å². The molecule has 0 unspecified atom stereocenters. The number of halogens is 1. The number of nitrogens with zero attached hydrogens (tertiary/aromatic N) is 3. The molecule has 1 heterocycles. The lowest BCUT2D eigenvalue weighted by molar-refractivity contribution is -0.389. The smallest absolute Gasteiger partial charge is 0.358 e. The summed E-state index contributed by atoms with van der Waals surface area (Å²) in [4.78, 5) is 27.5. The zero-order valence-corrected chi connectivity index (χ0v) is 12.3. The van der Waals surface area contributed by atoms with Gasteiger partial charge in [-0.15, -0.1) is 0 Å². The fraction of sp³-hybridized carbons (Fsp3) is 0.455. The molecular weight excluding hydrogens is 316 g/mol.